The topological polar surface area (TPSA) is 67.2 Å². The van der Waals surface area contributed by atoms with Crippen molar-refractivity contribution in [2.75, 3.05) is 18.0 Å². The third-order valence-corrected chi connectivity index (χ3v) is 5.09. The van der Waals surface area contributed by atoms with Crippen LogP contribution in [0.1, 0.15) is 28.9 Å². The number of amides is 2. The average Bonchev–Trinajstić information content (AvgIpc) is 3.12. The van der Waals surface area contributed by atoms with Crippen LogP contribution in [-0.2, 0) is 16.1 Å². The van der Waals surface area contributed by atoms with Crippen LogP contribution in [0.3, 0.4) is 0 Å². The lowest BCUT2D eigenvalue weighted by atomic mass is 10.1. The number of anilines is 1. The maximum atomic E-state index is 12.5. The van der Waals surface area contributed by atoms with Gasteiger partial charge in [0.1, 0.15) is 0 Å². The van der Waals surface area contributed by atoms with E-state index in [9.17, 15) is 9.59 Å². The molecule has 0 bridgehead atoms. The fourth-order valence-corrected chi connectivity index (χ4v) is 3.47. The molecule has 6 nitrogen and oxygen atoms in total. The highest BCUT2D eigenvalue weighted by atomic mass is 16.2. The summed E-state index contributed by atoms with van der Waals surface area (Å²) < 4.78 is 1.89. The molecule has 2 heterocycles. The molecular weight excluding hydrogens is 328 g/mol. The summed E-state index contributed by atoms with van der Waals surface area (Å²) in [5.74, 6) is -0.354. The molecule has 138 valence electrons. The maximum Gasteiger partial charge on any atom is 0.227 e. The Morgan fingerprint density at radius 2 is 2.04 bits per heavy atom. The first-order valence-electron chi connectivity index (χ1n) is 9.02. The van der Waals surface area contributed by atoms with E-state index in [0.717, 1.165) is 28.2 Å². The summed E-state index contributed by atoms with van der Waals surface area (Å²) in [5.41, 5.74) is 5.20. The minimum atomic E-state index is -0.303. The molecule has 3 rings (SSSR count). The first-order valence-corrected chi connectivity index (χ1v) is 9.02. The van der Waals surface area contributed by atoms with Gasteiger partial charge in [-0.05, 0) is 51.0 Å². The summed E-state index contributed by atoms with van der Waals surface area (Å²) in [5, 5.41) is 7.34. The Morgan fingerprint density at radius 1 is 1.27 bits per heavy atom. The van der Waals surface area contributed by atoms with Crippen molar-refractivity contribution in [1.29, 1.82) is 0 Å². The van der Waals surface area contributed by atoms with E-state index in [1.165, 1.54) is 0 Å². The molecule has 26 heavy (non-hydrogen) atoms. The molecule has 1 aliphatic rings. The Bertz CT molecular complexity index is 840. The molecule has 0 spiro atoms. The van der Waals surface area contributed by atoms with Crippen molar-refractivity contribution in [1.82, 2.24) is 15.1 Å². The van der Waals surface area contributed by atoms with E-state index >= 15 is 0 Å². The van der Waals surface area contributed by atoms with E-state index in [1.54, 1.807) is 4.90 Å². The van der Waals surface area contributed by atoms with Gasteiger partial charge in [-0.25, -0.2) is 0 Å². The van der Waals surface area contributed by atoms with Gasteiger partial charge in [-0.1, -0.05) is 12.1 Å². The van der Waals surface area contributed by atoms with E-state index in [0.29, 0.717) is 19.6 Å². The Hall–Kier alpha value is -2.63. The van der Waals surface area contributed by atoms with Crippen molar-refractivity contribution >= 4 is 17.5 Å². The molecule has 1 aromatic carbocycles. The van der Waals surface area contributed by atoms with Crippen LogP contribution in [-0.4, -0.2) is 34.7 Å². The lowest BCUT2D eigenvalue weighted by Crippen LogP contribution is -2.35. The number of aromatic nitrogens is 2. The van der Waals surface area contributed by atoms with E-state index in [4.69, 9.17) is 0 Å². The van der Waals surface area contributed by atoms with Gasteiger partial charge in [-0.15, -0.1) is 0 Å². The Balaban J connectivity index is 1.58. The third kappa shape index (κ3) is 3.64. The molecule has 0 radical (unpaired) electrons. The molecule has 1 unspecified atom stereocenters. The molecular formula is C20H26N4O2. The number of aryl methyl sites for hydroxylation is 3. The second-order valence-electron chi connectivity index (χ2n) is 7.07. The van der Waals surface area contributed by atoms with Gasteiger partial charge in [0.2, 0.25) is 11.8 Å². The van der Waals surface area contributed by atoms with Gasteiger partial charge in [0.25, 0.3) is 0 Å². The van der Waals surface area contributed by atoms with Crippen molar-refractivity contribution in [2.45, 2.75) is 40.7 Å². The summed E-state index contributed by atoms with van der Waals surface area (Å²) >= 11 is 0. The van der Waals surface area contributed by atoms with Crippen LogP contribution in [0.4, 0.5) is 5.69 Å². The average molecular weight is 354 g/mol. The summed E-state index contributed by atoms with van der Waals surface area (Å²) in [7, 11) is 0. The van der Waals surface area contributed by atoms with E-state index < -0.39 is 0 Å². The van der Waals surface area contributed by atoms with Crippen LogP contribution in [0.5, 0.6) is 0 Å². The number of nitrogens with zero attached hydrogens (tertiary/aromatic N) is 3. The molecule has 1 aliphatic heterocycles. The van der Waals surface area contributed by atoms with E-state index in [2.05, 4.69) is 10.4 Å². The number of nitrogens with one attached hydrogen (secondary N) is 1. The van der Waals surface area contributed by atoms with E-state index in [-0.39, 0.29) is 24.2 Å². The highest BCUT2D eigenvalue weighted by molar-refractivity contribution is 6.00. The van der Waals surface area contributed by atoms with Gasteiger partial charge in [0, 0.05) is 30.9 Å². The molecule has 0 saturated carbocycles. The molecule has 1 saturated heterocycles. The minimum absolute atomic E-state index is 0.0115. The molecule has 1 atom stereocenters. The van der Waals surface area contributed by atoms with Crippen molar-refractivity contribution in [3.63, 3.8) is 0 Å². The lowest BCUT2D eigenvalue weighted by molar-refractivity contribution is -0.126. The minimum Gasteiger partial charge on any atom is -0.354 e. The molecule has 2 amide bonds. The van der Waals surface area contributed by atoms with E-state index in [1.807, 2.05) is 56.6 Å². The zero-order valence-corrected chi connectivity index (χ0v) is 15.9. The number of hydrogen-bond donors (Lipinski definition) is 1. The molecule has 1 fully saturated rings. The van der Waals surface area contributed by atoms with Crippen molar-refractivity contribution in [3.05, 3.63) is 46.8 Å². The van der Waals surface area contributed by atoms with Gasteiger partial charge in [0.15, 0.2) is 0 Å². The second-order valence-corrected chi connectivity index (χ2v) is 7.07. The lowest BCUT2D eigenvalue weighted by Gasteiger charge is -2.20. The van der Waals surface area contributed by atoms with Crippen LogP contribution in [0.2, 0.25) is 0 Å². The van der Waals surface area contributed by atoms with Gasteiger partial charge >= 0.3 is 0 Å². The third-order valence-electron chi connectivity index (χ3n) is 5.09. The van der Waals surface area contributed by atoms with Gasteiger partial charge in [-0.3, -0.25) is 14.3 Å². The standard InChI is InChI=1S/C20H26N4O2/c1-13-6-5-7-18(16(13)4)23-12-17(11-19(23)25)20(26)21-8-9-24-15(3)10-14(2)22-24/h5-7,10,17H,8-9,11-12H2,1-4H3,(H,21,26). The molecule has 1 aromatic heterocycles. The number of hydrogen-bond acceptors (Lipinski definition) is 3. The van der Waals surface area contributed by atoms with Crippen LogP contribution in [0, 0.1) is 33.6 Å². The summed E-state index contributed by atoms with van der Waals surface area (Å²) in [4.78, 5) is 26.7. The Kier molecular flexibility index (Phi) is 5.11. The fraction of sp³-hybridized carbons (Fsp3) is 0.450. The first-order chi connectivity index (χ1) is 12.4. The summed E-state index contributed by atoms with van der Waals surface area (Å²) in [6, 6.07) is 7.94. The van der Waals surface area contributed by atoms with Crippen LogP contribution >= 0.6 is 0 Å². The summed E-state index contributed by atoms with van der Waals surface area (Å²) in [6.45, 7) is 9.58. The van der Waals surface area contributed by atoms with Crippen molar-refractivity contribution in [2.24, 2.45) is 5.92 Å². The molecule has 1 N–H and O–H groups in total. The summed E-state index contributed by atoms with van der Waals surface area (Å²) in [6.07, 6.45) is 0.263. The van der Waals surface area contributed by atoms with Gasteiger partial charge < -0.3 is 10.2 Å². The number of benzene rings is 1. The molecule has 0 aliphatic carbocycles. The van der Waals surface area contributed by atoms with Crippen LogP contribution in [0.25, 0.3) is 0 Å². The quantitative estimate of drug-likeness (QED) is 0.896. The van der Waals surface area contributed by atoms with Crippen LogP contribution < -0.4 is 10.2 Å². The maximum absolute atomic E-state index is 12.5. The zero-order valence-electron chi connectivity index (χ0n) is 15.9. The Labute approximate surface area is 154 Å². The SMILES string of the molecule is Cc1cc(C)n(CCNC(=O)C2CC(=O)N(c3cccc(C)c3C)C2)n1. The number of carbonyl (C=O) groups is 2. The van der Waals surface area contributed by atoms with Gasteiger partial charge in [0.05, 0.1) is 18.2 Å². The second kappa shape index (κ2) is 7.32. The number of rotatable bonds is 5. The zero-order chi connectivity index (χ0) is 18.8. The van der Waals surface area contributed by atoms with Crippen molar-refractivity contribution in [3.8, 4) is 0 Å². The van der Waals surface area contributed by atoms with Crippen LogP contribution in [0.15, 0.2) is 24.3 Å². The molecule has 6 heteroatoms. The highest BCUT2D eigenvalue weighted by Crippen LogP contribution is 2.29. The van der Waals surface area contributed by atoms with Gasteiger partial charge in [-0.2, -0.15) is 5.10 Å². The largest absolute Gasteiger partial charge is 0.354 e. The first kappa shape index (κ1) is 18.2. The fourth-order valence-electron chi connectivity index (χ4n) is 3.47. The normalized spacial score (nSPS) is 17.0. The smallest absolute Gasteiger partial charge is 0.227 e. The predicted molar refractivity (Wildman–Crippen MR) is 101 cm³/mol. The number of carbonyl (C=O) groups excluding carboxylic acids is 2. The molecule has 2 aromatic rings. The Morgan fingerprint density at radius 3 is 2.73 bits per heavy atom. The highest BCUT2D eigenvalue weighted by Gasteiger charge is 2.35. The van der Waals surface area contributed by atoms with Crippen molar-refractivity contribution < 1.29 is 9.59 Å². The monoisotopic (exact) mass is 354 g/mol. The predicted octanol–water partition coefficient (Wildman–Crippen LogP) is 2.29.